The van der Waals surface area contributed by atoms with Crippen molar-refractivity contribution >= 4 is 21.8 Å². The average molecular weight is 248 g/mol. The molecule has 0 aromatic rings. The van der Waals surface area contributed by atoms with Crippen LogP contribution >= 0.6 is 0 Å². The van der Waals surface area contributed by atoms with Gasteiger partial charge in [0.1, 0.15) is 6.04 Å². The number of nitrogens with one attached hydrogen (secondary N) is 2. The molecule has 1 aliphatic heterocycles. The normalized spacial score (nSPS) is 22.3. The van der Waals surface area contributed by atoms with E-state index in [0.717, 1.165) is 0 Å². The summed E-state index contributed by atoms with van der Waals surface area (Å²) in [7, 11) is -3.45. The van der Waals surface area contributed by atoms with Crippen LogP contribution in [0.2, 0.25) is 0 Å². The maximum atomic E-state index is 11.6. The van der Waals surface area contributed by atoms with Crippen molar-refractivity contribution < 1.29 is 18.0 Å². The van der Waals surface area contributed by atoms with E-state index < -0.39 is 22.0 Å². The van der Waals surface area contributed by atoms with Gasteiger partial charge < -0.3 is 0 Å². The Kier molecular flexibility index (Phi) is 4.03. The van der Waals surface area contributed by atoms with Crippen LogP contribution in [0, 0.1) is 5.92 Å². The van der Waals surface area contributed by atoms with Gasteiger partial charge in [0.2, 0.25) is 21.8 Å². The molecule has 0 saturated carbocycles. The highest BCUT2D eigenvalue weighted by atomic mass is 32.2. The number of piperidine rings is 1. The Balaban J connectivity index is 2.60. The van der Waals surface area contributed by atoms with Crippen molar-refractivity contribution in [3.05, 3.63) is 0 Å². The molecule has 1 saturated heterocycles. The second-order valence-corrected chi connectivity index (χ2v) is 6.10. The first-order valence-electron chi connectivity index (χ1n) is 5.14. The maximum Gasteiger partial charge on any atom is 0.244 e. The maximum absolute atomic E-state index is 11.6. The lowest BCUT2D eigenvalue weighted by molar-refractivity contribution is -0.134. The molecule has 16 heavy (non-hydrogen) atoms. The smallest absolute Gasteiger partial charge is 0.244 e. The van der Waals surface area contributed by atoms with Crippen molar-refractivity contribution in [1.82, 2.24) is 10.0 Å². The summed E-state index contributed by atoms with van der Waals surface area (Å²) in [5, 5.41) is 2.10. The molecule has 2 amide bonds. The first kappa shape index (κ1) is 13.1. The van der Waals surface area contributed by atoms with Gasteiger partial charge in [-0.25, -0.2) is 13.1 Å². The SMILES string of the molecule is CC(C)CS(=O)(=O)NC1CCC(=O)NC1=O. The molecule has 0 spiro atoms. The molecular formula is C9H16N2O4S. The highest BCUT2D eigenvalue weighted by molar-refractivity contribution is 7.89. The van der Waals surface area contributed by atoms with Gasteiger partial charge in [-0.1, -0.05) is 13.8 Å². The summed E-state index contributed by atoms with van der Waals surface area (Å²) in [6.45, 7) is 3.56. The van der Waals surface area contributed by atoms with E-state index in [1.165, 1.54) is 0 Å². The van der Waals surface area contributed by atoms with Crippen LogP contribution < -0.4 is 10.0 Å². The summed E-state index contributed by atoms with van der Waals surface area (Å²) in [5.74, 6) is -0.955. The molecule has 1 atom stereocenters. The standard InChI is InChI=1S/C9H16N2O4S/c1-6(2)5-16(14,15)11-7-3-4-8(12)10-9(7)13/h6-7,11H,3-5H2,1-2H3,(H,10,12,13). The Bertz CT molecular complexity index is 388. The highest BCUT2D eigenvalue weighted by Gasteiger charge is 2.30. The zero-order valence-corrected chi connectivity index (χ0v) is 10.1. The van der Waals surface area contributed by atoms with E-state index in [9.17, 15) is 18.0 Å². The van der Waals surface area contributed by atoms with E-state index in [4.69, 9.17) is 0 Å². The van der Waals surface area contributed by atoms with Crippen LogP contribution in [0.3, 0.4) is 0 Å². The fourth-order valence-corrected chi connectivity index (χ4v) is 3.14. The molecule has 0 radical (unpaired) electrons. The fourth-order valence-electron chi connectivity index (χ4n) is 1.51. The molecule has 7 heteroatoms. The van der Waals surface area contributed by atoms with Gasteiger partial charge in [0.25, 0.3) is 0 Å². The average Bonchev–Trinajstić information content (AvgIpc) is 2.07. The summed E-state index contributed by atoms with van der Waals surface area (Å²) in [5.41, 5.74) is 0. The lowest BCUT2D eigenvalue weighted by atomic mass is 10.1. The van der Waals surface area contributed by atoms with Gasteiger partial charge in [-0.2, -0.15) is 0 Å². The zero-order chi connectivity index (χ0) is 12.3. The second kappa shape index (κ2) is 4.92. The number of carbonyl (C=O) groups is 2. The number of hydrogen-bond donors (Lipinski definition) is 2. The number of rotatable bonds is 4. The van der Waals surface area contributed by atoms with Crippen LogP contribution in [0.1, 0.15) is 26.7 Å². The largest absolute Gasteiger partial charge is 0.295 e. The highest BCUT2D eigenvalue weighted by Crippen LogP contribution is 2.07. The predicted molar refractivity (Wildman–Crippen MR) is 57.9 cm³/mol. The van der Waals surface area contributed by atoms with Gasteiger partial charge in [-0.3, -0.25) is 14.9 Å². The van der Waals surface area contributed by atoms with Gasteiger partial charge in [-0.05, 0) is 12.3 Å². The van der Waals surface area contributed by atoms with E-state index >= 15 is 0 Å². The van der Waals surface area contributed by atoms with Crippen molar-refractivity contribution in [2.75, 3.05) is 5.75 Å². The predicted octanol–water partition coefficient (Wildman–Crippen LogP) is -0.633. The second-order valence-electron chi connectivity index (χ2n) is 4.30. The molecule has 0 bridgehead atoms. The van der Waals surface area contributed by atoms with E-state index in [-0.39, 0.29) is 30.4 Å². The molecule has 2 N–H and O–H groups in total. The first-order chi connectivity index (χ1) is 7.30. The quantitative estimate of drug-likeness (QED) is 0.648. The number of amides is 2. The Labute approximate surface area is 94.8 Å². The summed E-state index contributed by atoms with van der Waals surface area (Å²) < 4.78 is 25.4. The van der Waals surface area contributed by atoms with Gasteiger partial charge in [-0.15, -0.1) is 0 Å². The van der Waals surface area contributed by atoms with Gasteiger partial charge in [0.05, 0.1) is 5.75 Å². The van der Waals surface area contributed by atoms with Crippen molar-refractivity contribution in [2.45, 2.75) is 32.7 Å². The topological polar surface area (TPSA) is 92.3 Å². The zero-order valence-electron chi connectivity index (χ0n) is 9.32. The van der Waals surface area contributed by atoms with E-state index in [0.29, 0.717) is 0 Å². The number of hydrogen-bond acceptors (Lipinski definition) is 4. The molecule has 1 fully saturated rings. The lowest BCUT2D eigenvalue weighted by Crippen LogP contribution is -2.52. The third-order valence-corrected chi connectivity index (χ3v) is 3.86. The molecule has 1 rings (SSSR count). The van der Waals surface area contributed by atoms with E-state index in [1.807, 2.05) is 0 Å². The van der Waals surface area contributed by atoms with Crippen LogP contribution in [0.5, 0.6) is 0 Å². The van der Waals surface area contributed by atoms with Crippen LogP contribution in [-0.4, -0.2) is 32.0 Å². The summed E-state index contributed by atoms with van der Waals surface area (Å²) >= 11 is 0. The minimum Gasteiger partial charge on any atom is -0.295 e. The van der Waals surface area contributed by atoms with Crippen LogP contribution in [0.25, 0.3) is 0 Å². The molecule has 0 aromatic heterocycles. The fraction of sp³-hybridized carbons (Fsp3) is 0.778. The first-order valence-corrected chi connectivity index (χ1v) is 6.79. The Hall–Kier alpha value is -0.950. The third-order valence-electron chi connectivity index (χ3n) is 2.11. The van der Waals surface area contributed by atoms with E-state index in [1.54, 1.807) is 13.8 Å². The monoisotopic (exact) mass is 248 g/mol. The van der Waals surface area contributed by atoms with Crippen molar-refractivity contribution in [3.63, 3.8) is 0 Å². The number of sulfonamides is 1. The molecule has 6 nitrogen and oxygen atoms in total. The molecule has 0 aromatic carbocycles. The number of imide groups is 1. The molecule has 1 heterocycles. The van der Waals surface area contributed by atoms with E-state index in [2.05, 4.69) is 10.0 Å². The Morgan fingerprint density at radius 1 is 1.44 bits per heavy atom. The van der Waals surface area contributed by atoms with Gasteiger partial charge in [0.15, 0.2) is 0 Å². The third kappa shape index (κ3) is 3.90. The van der Waals surface area contributed by atoms with Crippen molar-refractivity contribution in [1.29, 1.82) is 0 Å². The van der Waals surface area contributed by atoms with Crippen molar-refractivity contribution in [3.8, 4) is 0 Å². The Morgan fingerprint density at radius 3 is 2.56 bits per heavy atom. The van der Waals surface area contributed by atoms with Gasteiger partial charge in [0, 0.05) is 6.42 Å². The van der Waals surface area contributed by atoms with Crippen LogP contribution in [-0.2, 0) is 19.6 Å². The summed E-state index contributed by atoms with van der Waals surface area (Å²) in [4.78, 5) is 22.2. The minimum atomic E-state index is -3.45. The van der Waals surface area contributed by atoms with Crippen LogP contribution in [0.15, 0.2) is 0 Å². The minimum absolute atomic E-state index is 0.00853. The van der Waals surface area contributed by atoms with Gasteiger partial charge >= 0.3 is 0 Å². The Morgan fingerprint density at radius 2 is 2.06 bits per heavy atom. The van der Waals surface area contributed by atoms with Crippen LogP contribution in [0.4, 0.5) is 0 Å². The summed E-state index contributed by atoms with van der Waals surface area (Å²) in [6, 6.07) is -0.818. The van der Waals surface area contributed by atoms with Crippen molar-refractivity contribution in [2.24, 2.45) is 5.92 Å². The molecule has 1 aliphatic rings. The molecule has 1 unspecified atom stereocenters. The summed E-state index contributed by atoms with van der Waals surface area (Å²) in [6.07, 6.45) is 0.391. The molecular weight excluding hydrogens is 232 g/mol. The number of carbonyl (C=O) groups excluding carboxylic acids is 2. The lowest BCUT2D eigenvalue weighted by Gasteiger charge is -2.22. The molecule has 92 valence electrons. The molecule has 0 aliphatic carbocycles.